The molecule has 1 aromatic carbocycles. The molecule has 2 aromatic rings. The lowest BCUT2D eigenvalue weighted by Crippen LogP contribution is -2.11. The number of nitrogens with zero attached hydrogens (tertiary/aromatic N) is 1. The zero-order valence-electron chi connectivity index (χ0n) is 12.7. The summed E-state index contributed by atoms with van der Waals surface area (Å²) in [6.45, 7) is 2.73. The maximum absolute atomic E-state index is 11.7. The Hall–Kier alpha value is -2.25. The molecule has 23 heavy (non-hydrogen) atoms. The van der Waals surface area contributed by atoms with E-state index in [1.165, 1.54) is 11.3 Å². The summed E-state index contributed by atoms with van der Waals surface area (Å²) in [5.41, 5.74) is 0.789. The van der Waals surface area contributed by atoms with E-state index in [1.807, 2.05) is 6.07 Å². The molecule has 0 N–H and O–H groups in total. The Kier molecular flexibility index (Phi) is 6.71. The molecule has 0 atom stereocenters. The van der Waals surface area contributed by atoms with Crippen molar-refractivity contribution in [2.75, 3.05) is 19.8 Å². The zero-order chi connectivity index (χ0) is 16.5. The molecule has 0 saturated carbocycles. The quantitative estimate of drug-likeness (QED) is 0.545. The second kappa shape index (κ2) is 9.02. The summed E-state index contributed by atoms with van der Waals surface area (Å²) in [7, 11) is 0. The molecule has 0 aliphatic carbocycles. The van der Waals surface area contributed by atoms with Crippen LogP contribution in [0.25, 0.3) is 0 Å². The standard InChI is InChI=1S/C16H17NO5S/c1-2-21-16(19)13-11-23-14(17-13)10-20-8-9-22-15(18)12-6-4-3-5-7-12/h3-7,11H,2,8-10H2,1H3. The fourth-order valence-corrected chi connectivity index (χ4v) is 2.39. The van der Waals surface area contributed by atoms with Crippen LogP contribution < -0.4 is 0 Å². The molecule has 2 rings (SSSR count). The Bertz CT molecular complexity index is 641. The molecule has 0 aliphatic rings. The van der Waals surface area contributed by atoms with Crippen LogP contribution in [0.1, 0.15) is 32.8 Å². The predicted molar refractivity (Wildman–Crippen MR) is 84.5 cm³/mol. The normalized spacial score (nSPS) is 10.3. The smallest absolute Gasteiger partial charge is 0.357 e. The highest BCUT2D eigenvalue weighted by molar-refractivity contribution is 7.09. The van der Waals surface area contributed by atoms with Crippen LogP contribution in [0.4, 0.5) is 0 Å². The van der Waals surface area contributed by atoms with E-state index in [0.717, 1.165) is 0 Å². The van der Waals surface area contributed by atoms with Gasteiger partial charge in [0.15, 0.2) is 5.69 Å². The van der Waals surface area contributed by atoms with Crippen molar-refractivity contribution in [1.82, 2.24) is 4.98 Å². The molecule has 1 heterocycles. The molecule has 0 radical (unpaired) electrons. The third-order valence-corrected chi connectivity index (χ3v) is 3.55. The van der Waals surface area contributed by atoms with Crippen LogP contribution in [0.15, 0.2) is 35.7 Å². The summed E-state index contributed by atoms with van der Waals surface area (Å²) in [4.78, 5) is 27.3. The molecule has 6 nitrogen and oxygen atoms in total. The number of esters is 2. The number of carbonyl (C=O) groups excluding carboxylic acids is 2. The van der Waals surface area contributed by atoms with Gasteiger partial charge in [0.25, 0.3) is 0 Å². The Morgan fingerprint density at radius 1 is 1.09 bits per heavy atom. The molecule has 0 aliphatic heterocycles. The van der Waals surface area contributed by atoms with E-state index in [-0.39, 0.29) is 31.5 Å². The van der Waals surface area contributed by atoms with Crippen LogP contribution in [0.2, 0.25) is 0 Å². The average Bonchev–Trinajstić information content (AvgIpc) is 3.04. The minimum Gasteiger partial charge on any atom is -0.461 e. The van der Waals surface area contributed by atoms with Gasteiger partial charge in [-0.2, -0.15) is 0 Å². The molecule has 0 fully saturated rings. The predicted octanol–water partition coefficient (Wildman–Crippen LogP) is 2.69. The average molecular weight is 335 g/mol. The van der Waals surface area contributed by atoms with E-state index in [9.17, 15) is 9.59 Å². The van der Waals surface area contributed by atoms with E-state index in [0.29, 0.717) is 17.2 Å². The number of benzene rings is 1. The Morgan fingerprint density at radius 2 is 1.87 bits per heavy atom. The molecule has 0 bridgehead atoms. The van der Waals surface area contributed by atoms with Crippen molar-refractivity contribution in [3.05, 3.63) is 52.0 Å². The number of aromatic nitrogens is 1. The number of ether oxygens (including phenoxy) is 3. The van der Waals surface area contributed by atoms with E-state index in [1.54, 1.807) is 36.6 Å². The van der Waals surface area contributed by atoms with Crippen LogP contribution in [-0.2, 0) is 20.8 Å². The van der Waals surface area contributed by atoms with Gasteiger partial charge in [0, 0.05) is 5.38 Å². The highest BCUT2D eigenvalue weighted by atomic mass is 32.1. The van der Waals surface area contributed by atoms with Gasteiger partial charge in [-0.25, -0.2) is 14.6 Å². The van der Waals surface area contributed by atoms with Gasteiger partial charge >= 0.3 is 11.9 Å². The minimum atomic E-state index is -0.438. The highest BCUT2D eigenvalue weighted by Crippen LogP contribution is 2.12. The summed E-state index contributed by atoms with van der Waals surface area (Å²) >= 11 is 1.32. The first-order valence-electron chi connectivity index (χ1n) is 7.12. The van der Waals surface area contributed by atoms with Crippen LogP contribution in [0.3, 0.4) is 0 Å². The second-order valence-corrected chi connectivity index (χ2v) is 5.34. The maximum atomic E-state index is 11.7. The van der Waals surface area contributed by atoms with E-state index in [2.05, 4.69) is 4.98 Å². The molecule has 0 amide bonds. The molecule has 0 spiro atoms. The molecule has 7 heteroatoms. The molecule has 122 valence electrons. The Balaban J connectivity index is 1.66. The van der Waals surface area contributed by atoms with E-state index in [4.69, 9.17) is 14.2 Å². The fraction of sp³-hybridized carbons (Fsp3) is 0.312. The van der Waals surface area contributed by atoms with Gasteiger partial charge in [-0.3, -0.25) is 0 Å². The number of hydrogen-bond acceptors (Lipinski definition) is 7. The SMILES string of the molecule is CCOC(=O)c1csc(COCCOC(=O)c2ccccc2)n1. The van der Waals surface area contributed by atoms with Crippen LogP contribution in [0, 0.1) is 0 Å². The molecule has 1 aromatic heterocycles. The topological polar surface area (TPSA) is 74.7 Å². The highest BCUT2D eigenvalue weighted by Gasteiger charge is 2.11. The zero-order valence-corrected chi connectivity index (χ0v) is 13.5. The van der Waals surface area contributed by atoms with Crippen molar-refractivity contribution in [3.63, 3.8) is 0 Å². The fourth-order valence-electron chi connectivity index (χ4n) is 1.69. The van der Waals surface area contributed by atoms with Crippen LogP contribution in [-0.4, -0.2) is 36.7 Å². The van der Waals surface area contributed by atoms with Gasteiger partial charge < -0.3 is 14.2 Å². The maximum Gasteiger partial charge on any atom is 0.357 e. The lowest BCUT2D eigenvalue weighted by molar-refractivity contribution is 0.0286. The molecule has 0 saturated heterocycles. The third kappa shape index (κ3) is 5.46. The van der Waals surface area contributed by atoms with E-state index >= 15 is 0 Å². The van der Waals surface area contributed by atoms with Gasteiger partial charge in [0.1, 0.15) is 11.6 Å². The van der Waals surface area contributed by atoms with Crippen molar-refractivity contribution in [2.45, 2.75) is 13.5 Å². The number of hydrogen-bond donors (Lipinski definition) is 0. The van der Waals surface area contributed by atoms with E-state index < -0.39 is 5.97 Å². The third-order valence-electron chi connectivity index (χ3n) is 2.73. The monoisotopic (exact) mass is 335 g/mol. The first-order valence-corrected chi connectivity index (χ1v) is 8.00. The van der Waals surface area contributed by atoms with Gasteiger partial charge in [-0.05, 0) is 19.1 Å². The summed E-state index contributed by atoms with van der Waals surface area (Å²) in [6.07, 6.45) is 0. The van der Waals surface area contributed by atoms with Gasteiger partial charge in [-0.1, -0.05) is 18.2 Å². The van der Waals surface area contributed by atoms with Crippen molar-refractivity contribution >= 4 is 23.3 Å². The van der Waals surface area contributed by atoms with Crippen molar-refractivity contribution in [2.24, 2.45) is 0 Å². The summed E-state index contributed by atoms with van der Waals surface area (Å²) in [5.74, 6) is -0.820. The van der Waals surface area contributed by atoms with Crippen molar-refractivity contribution < 1.29 is 23.8 Å². The van der Waals surface area contributed by atoms with Gasteiger partial charge in [0.05, 0.1) is 25.4 Å². The van der Waals surface area contributed by atoms with Gasteiger partial charge in [-0.15, -0.1) is 11.3 Å². The summed E-state index contributed by atoms with van der Waals surface area (Å²) < 4.78 is 15.3. The van der Waals surface area contributed by atoms with Gasteiger partial charge in [0.2, 0.25) is 0 Å². The largest absolute Gasteiger partial charge is 0.461 e. The molecular formula is C16H17NO5S. The Labute approximate surface area is 138 Å². The Morgan fingerprint density at radius 3 is 2.61 bits per heavy atom. The number of rotatable bonds is 8. The number of carbonyl (C=O) groups is 2. The molecule has 0 unspecified atom stereocenters. The van der Waals surface area contributed by atoms with Crippen molar-refractivity contribution in [3.8, 4) is 0 Å². The minimum absolute atomic E-state index is 0.157. The first kappa shape index (κ1) is 17.1. The molecular weight excluding hydrogens is 318 g/mol. The number of thiazole rings is 1. The summed E-state index contributed by atoms with van der Waals surface area (Å²) in [6, 6.07) is 8.76. The lowest BCUT2D eigenvalue weighted by atomic mass is 10.2. The van der Waals surface area contributed by atoms with Crippen LogP contribution in [0.5, 0.6) is 0 Å². The van der Waals surface area contributed by atoms with Crippen LogP contribution >= 0.6 is 11.3 Å². The van der Waals surface area contributed by atoms with Crippen molar-refractivity contribution in [1.29, 1.82) is 0 Å². The first-order chi connectivity index (χ1) is 11.2. The summed E-state index contributed by atoms with van der Waals surface area (Å²) in [5, 5.41) is 2.30. The second-order valence-electron chi connectivity index (χ2n) is 4.40. The lowest BCUT2D eigenvalue weighted by Gasteiger charge is -2.05.